The van der Waals surface area contributed by atoms with Gasteiger partial charge in [-0.05, 0) is 35.2 Å². The Morgan fingerprint density at radius 2 is 1.90 bits per heavy atom. The molecule has 0 aromatic heterocycles. The van der Waals surface area contributed by atoms with Gasteiger partial charge in [0.15, 0.2) is 0 Å². The molecule has 3 heteroatoms. The van der Waals surface area contributed by atoms with Crippen LogP contribution in [-0.2, 0) is 6.54 Å². The Labute approximate surface area is 130 Å². The van der Waals surface area contributed by atoms with Gasteiger partial charge in [-0.25, -0.2) is 0 Å². The molecule has 2 heterocycles. The summed E-state index contributed by atoms with van der Waals surface area (Å²) in [5.74, 6) is 0. The van der Waals surface area contributed by atoms with Crippen molar-refractivity contribution in [3.05, 3.63) is 59.1 Å². The number of hydrogen-bond acceptors (Lipinski definition) is 2. The molecule has 0 radical (unpaired) electrons. The SMILES string of the molecule is Clc1ccc(-c2ccccc2CN2CC3CC2CN3)cc1. The number of likely N-dealkylation sites (tertiary alicyclic amines) is 1. The van der Waals surface area contributed by atoms with E-state index in [1.807, 2.05) is 12.1 Å². The number of nitrogens with zero attached hydrogens (tertiary/aromatic N) is 1. The first-order chi connectivity index (χ1) is 10.3. The summed E-state index contributed by atoms with van der Waals surface area (Å²) in [6.07, 6.45) is 1.31. The summed E-state index contributed by atoms with van der Waals surface area (Å²) in [6.45, 7) is 3.37. The molecule has 2 saturated heterocycles. The first-order valence-corrected chi connectivity index (χ1v) is 7.99. The molecule has 2 unspecified atom stereocenters. The van der Waals surface area contributed by atoms with Crippen LogP contribution < -0.4 is 5.32 Å². The van der Waals surface area contributed by atoms with E-state index < -0.39 is 0 Å². The Morgan fingerprint density at radius 3 is 2.62 bits per heavy atom. The van der Waals surface area contributed by atoms with Gasteiger partial charge in [-0.1, -0.05) is 48.0 Å². The van der Waals surface area contributed by atoms with Gasteiger partial charge in [-0.15, -0.1) is 0 Å². The van der Waals surface area contributed by atoms with Gasteiger partial charge in [-0.3, -0.25) is 4.90 Å². The lowest BCUT2D eigenvalue weighted by atomic mass is 9.99. The molecule has 2 nitrogen and oxygen atoms in total. The minimum absolute atomic E-state index is 0.706. The minimum Gasteiger partial charge on any atom is -0.311 e. The summed E-state index contributed by atoms with van der Waals surface area (Å²) in [7, 11) is 0. The third-order valence-corrected chi connectivity index (χ3v) is 4.97. The van der Waals surface area contributed by atoms with Gasteiger partial charge in [0.1, 0.15) is 0 Å². The van der Waals surface area contributed by atoms with E-state index in [4.69, 9.17) is 11.6 Å². The molecule has 0 amide bonds. The third kappa shape index (κ3) is 2.59. The molecular weight excluding hydrogens is 280 g/mol. The predicted molar refractivity (Wildman–Crippen MR) is 87.5 cm³/mol. The van der Waals surface area contributed by atoms with Crippen LogP contribution in [0.25, 0.3) is 11.1 Å². The second kappa shape index (κ2) is 5.45. The van der Waals surface area contributed by atoms with Gasteiger partial charge < -0.3 is 5.32 Å². The van der Waals surface area contributed by atoms with E-state index in [1.165, 1.54) is 29.7 Å². The van der Waals surface area contributed by atoms with Gasteiger partial charge in [0.05, 0.1) is 0 Å². The average molecular weight is 299 g/mol. The minimum atomic E-state index is 0.706. The highest BCUT2D eigenvalue weighted by Gasteiger charge is 2.37. The lowest BCUT2D eigenvalue weighted by Gasteiger charge is -2.28. The van der Waals surface area contributed by atoms with Crippen molar-refractivity contribution < 1.29 is 0 Å². The van der Waals surface area contributed by atoms with Crippen LogP contribution in [0.5, 0.6) is 0 Å². The van der Waals surface area contributed by atoms with Crippen molar-refractivity contribution in [2.75, 3.05) is 13.1 Å². The van der Waals surface area contributed by atoms with Crippen LogP contribution in [0.2, 0.25) is 5.02 Å². The molecular formula is C18H19ClN2. The van der Waals surface area contributed by atoms with E-state index in [0.717, 1.165) is 18.1 Å². The first kappa shape index (κ1) is 13.3. The number of piperazine rings is 1. The van der Waals surface area contributed by atoms with Crippen LogP contribution in [0.3, 0.4) is 0 Å². The summed E-state index contributed by atoms with van der Waals surface area (Å²) < 4.78 is 0. The van der Waals surface area contributed by atoms with Crippen molar-refractivity contribution in [1.29, 1.82) is 0 Å². The highest BCUT2D eigenvalue weighted by molar-refractivity contribution is 6.30. The maximum Gasteiger partial charge on any atom is 0.0406 e. The zero-order valence-electron chi connectivity index (χ0n) is 11.9. The van der Waals surface area contributed by atoms with Crippen molar-refractivity contribution in [3.63, 3.8) is 0 Å². The largest absolute Gasteiger partial charge is 0.311 e. The highest BCUT2D eigenvalue weighted by atomic mass is 35.5. The van der Waals surface area contributed by atoms with Gasteiger partial charge >= 0.3 is 0 Å². The smallest absolute Gasteiger partial charge is 0.0406 e. The standard InChI is InChI=1S/C18H19ClN2/c19-15-7-5-13(6-8-15)18-4-2-1-3-14(18)11-21-12-16-9-17(21)10-20-16/h1-8,16-17,20H,9-12H2. The molecule has 2 bridgehead atoms. The fraction of sp³-hybridized carbons (Fsp3) is 0.333. The first-order valence-electron chi connectivity index (χ1n) is 7.61. The van der Waals surface area contributed by atoms with Crippen molar-refractivity contribution in [3.8, 4) is 11.1 Å². The molecule has 2 aliphatic rings. The van der Waals surface area contributed by atoms with Gasteiger partial charge in [0, 0.05) is 36.7 Å². The zero-order chi connectivity index (χ0) is 14.2. The second-order valence-corrected chi connectivity index (χ2v) is 6.52. The van der Waals surface area contributed by atoms with E-state index in [-0.39, 0.29) is 0 Å². The van der Waals surface area contributed by atoms with Crippen LogP contribution in [0, 0.1) is 0 Å². The molecule has 4 rings (SSSR count). The Balaban J connectivity index is 1.62. The Morgan fingerprint density at radius 1 is 1.10 bits per heavy atom. The van der Waals surface area contributed by atoms with Crippen LogP contribution >= 0.6 is 11.6 Å². The molecule has 2 atom stereocenters. The second-order valence-electron chi connectivity index (χ2n) is 6.09. The Kier molecular flexibility index (Phi) is 3.46. The molecule has 2 fully saturated rings. The fourth-order valence-corrected chi connectivity index (χ4v) is 3.75. The van der Waals surface area contributed by atoms with Crippen molar-refractivity contribution in [2.45, 2.75) is 25.0 Å². The molecule has 2 aromatic carbocycles. The highest BCUT2D eigenvalue weighted by Crippen LogP contribution is 2.30. The summed E-state index contributed by atoms with van der Waals surface area (Å²) in [5, 5.41) is 4.36. The maximum absolute atomic E-state index is 6.00. The predicted octanol–water partition coefficient (Wildman–Crippen LogP) is 3.55. The number of rotatable bonds is 3. The molecule has 21 heavy (non-hydrogen) atoms. The van der Waals surface area contributed by atoms with Crippen LogP contribution in [0.1, 0.15) is 12.0 Å². The lowest BCUT2D eigenvalue weighted by Crippen LogP contribution is -2.43. The summed E-state index contributed by atoms with van der Waals surface area (Å²) in [4.78, 5) is 2.62. The van der Waals surface area contributed by atoms with Gasteiger partial charge in [0.25, 0.3) is 0 Å². The molecule has 0 saturated carbocycles. The summed E-state index contributed by atoms with van der Waals surface area (Å²) in [6, 6.07) is 18.3. The van der Waals surface area contributed by atoms with E-state index in [2.05, 4.69) is 46.6 Å². The molecule has 108 valence electrons. The van der Waals surface area contributed by atoms with Crippen molar-refractivity contribution in [1.82, 2.24) is 10.2 Å². The number of nitrogens with one attached hydrogen (secondary N) is 1. The lowest BCUT2D eigenvalue weighted by molar-refractivity contribution is 0.218. The number of hydrogen-bond donors (Lipinski definition) is 1. The Bertz CT molecular complexity index is 638. The molecule has 1 N–H and O–H groups in total. The third-order valence-electron chi connectivity index (χ3n) is 4.72. The number of benzene rings is 2. The monoisotopic (exact) mass is 298 g/mol. The maximum atomic E-state index is 6.00. The normalized spacial score (nSPS) is 24.6. The number of halogens is 1. The van der Waals surface area contributed by atoms with E-state index in [0.29, 0.717) is 12.1 Å². The summed E-state index contributed by atoms with van der Waals surface area (Å²) >= 11 is 6.00. The van der Waals surface area contributed by atoms with Gasteiger partial charge in [0.2, 0.25) is 0 Å². The van der Waals surface area contributed by atoms with Crippen molar-refractivity contribution in [2.24, 2.45) is 0 Å². The zero-order valence-corrected chi connectivity index (χ0v) is 12.7. The van der Waals surface area contributed by atoms with E-state index in [1.54, 1.807) is 0 Å². The van der Waals surface area contributed by atoms with E-state index >= 15 is 0 Å². The van der Waals surface area contributed by atoms with Crippen molar-refractivity contribution >= 4 is 11.6 Å². The van der Waals surface area contributed by atoms with Crippen LogP contribution in [-0.4, -0.2) is 30.1 Å². The molecule has 0 aliphatic carbocycles. The summed E-state index contributed by atoms with van der Waals surface area (Å²) in [5.41, 5.74) is 3.98. The quantitative estimate of drug-likeness (QED) is 0.932. The number of fused-ring (bicyclic) bond motifs is 2. The molecule has 2 aliphatic heterocycles. The molecule has 0 spiro atoms. The molecule has 2 aromatic rings. The van der Waals surface area contributed by atoms with Crippen LogP contribution in [0.4, 0.5) is 0 Å². The van der Waals surface area contributed by atoms with Gasteiger partial charge in [-0.2, -0.15) is 0 Å². The Hall–Kier alpha value is -1.35. The fourth-order valence-electron chi connectivity index (χ4n) is 3.63. The van der Waals surface area contributed by atoms with E-state index in [9.17, 15) is 0 Å². The topological polar surface area (TPSA) is 15.3 Å². The average Bonchev–Trinajstić information content (AvgIpc) is 3.11. The van der Waals surface area contributed by atoms with Crippen LogP contribution in [0.15, 0.2) is 48.5 Å².